The molecule has 0 atom stereocenters. The third-order valence-electron chi connectivity index (χ3n) is 5.51. The van der Waals surface area contributed by atoms with Gasteiger partial charge in [-0.2, -0.15) is 0 Å². The molecule has 0 bridgehead atoms. The molecule has 0 saturated carbocycles. The van der Waals surface area contributed by atoms with Gasteiger partial charge < -0.3 is 15.0 Å². The molecule has 0 unspecified atom stereocenters. The van der Waals surface area contributed by atoms with Crippen molar-refractivity contribution in [1.29, 1.82) is 0 Å². The number of hydroxylamine groups is 1. The van der Waals surface area contributed by atoms with Crippen LogP contribution in [0.3, 0.4) is 0 Å². The van der Waals surface area contributed by atoms with Crippen molar-refractivity contribution in [3.63, 3.8) is 0 Å². The van der Waals surface area contributed by atoms with Gasteiger partial charge in [0, 0.05) is 24.7 Å². The zero-order valence-corrected chi connectivity index (χ0v) is 21.2. The highest BCUT2D eigenvalue weighted by atomic mass is 19.1. The molecular weight excluding hydrogens is 469 g/mol. The normalized spacial score (nSPS) is 14.3. The number of carbonyl (C=O) groups excluding carboxylic acids is 3. The molecule has 194 valence electrons. The Bertz CT molecular complexity index is 1070. The van der Waals surface area contributed by atoms with Crippen LogP contribution in [0.1, 0.15) is 55.4 Å². The number of rotatable bonds is 6. The fraction of sp³-hybridized carbons (Fsp3) is 0.480. The molecule has 10 nitrogen and oxygen atoms in total. The molecule has 1 aromatic carbocycles. The number of amides is 3. The average molecular weight is 502 g/mol. The minimum Gasteiger partial charge on any atom is -0.442 e. The van der Waals surface area contributed by atoms with E-state index in [1.54, 1.807) is 39.5 Å². The number of aromatic nitrogens is 2. The number of nitrogens with zero attached hydrogens (tertiary/aromatic N) is 4. The van der Waals surface area contributed by atoms with Crippen LogP contribution in [0.2, 0.25) is 0 Å². The standard InChI is InChI=1S/C25H32FN5O5/c1-16-22(17(2)28-15-27-16)31(24(34)36-25(3,4)5)35-14-21(32)29-20-10-12-30(13-11-20)23(33)18-6-8-19(26)9-7-18/h6-9,15,20H,10-14H2,1-5H3,(H,29,32). The lowest BCUT2D eigenvalue weighted by atomic mass is 10.0. The van der Waals surface area contributed by atoms with Crippen LogP contribution in [0.25, 0.3) is 0 Å². The number of halogens is 1. The van der Waals surface area contributed by atoms with Crippen LogP contribution in [0.5, 0.6) is 0 Å². The number of piperidine rings is 1. The van der Waals surface area contributed by atoms with E-state index >= 15 is 0 Å². The van der Waals surface area contributed by atoms with E-state index in [9.17, 15) is 18.8 Å². The lowest BCUT2D eigenvalue weighted by Crippen LogP contribution is -2.48. The quantitative estimate of drug-likeness (QED) is 0.604. The second-order valence-corrected chi connectivity index (χ2v) is 9.58. The van der Waals surface area contributed by atoms with Crippen molar-refractivity contribution in [2.24, 2.45) is 0 Å². The molecule has 1 aliphatic rings. The first-order valence-corrected chi connectivity index (χ1v) is 11.7. The SMILES string of the molecule is Cc1ncnc(C)c1N(OCC(=O)NC1CCN(C(=O)c2ccc(F)cc2)CC1)C(=O)OC(C)(C)C. The van der Waals surface area contributed by atoms with Gasteiger partial charge >= 0.3 is 6.09 Å². The Morgan fingerprint density at radius 2 is 1.67 bits per heavy atom. The summed E-state index contributed by atoms with van der Waals surface area (Å²) in [6.45, 7) is 9.05. The number of hydrogen-bond donors (Lipinski definition) is 1. The zero-order valence-electron chi connectivity index (χ0n) is 21.2. The smallest absolute Gasteiger partial charge is 0.439 e. The number of ether oxygens (including phenoxy) is 1. The van der Waals surface area contributed by atoms with Crippen molar-refractivity contribution < 1.29 is 28.3 Å². The molecule has 11 heteroatoms. The third kappa shape index (κ3) is 7.20. The molecule has 36 heavy (non-hydrogen) atoms. The second kappa shape index (κ2) is 11.4. The lowest BCUT2D eigenvalue weighted by molar-refractivity contribution is -0.127. The highest BCUT2D eigenvalue weighted by Crippen LogP contribution is 2.24. The third-order valence-corrected chi connectivity index (χ3v) is 5.51. The number of benzene rings is 1. The number of anilines is 1. The van der Waals surface area contributed by atoms with E-state index in [0.717, 1.165) is 5.06 Å². The summed E-state index contributed by atoms with van der Waals surface area (Å²) in [5.41, 5.74) is 0.939. The first kappa shape index (κ1) is 27.0. The minimum absolute atomic E-state index is 0.156. The fourth-order valence-electron chi connectivity index (χ4n) is 3.79. The molecule has 1 aliphatic heterocycles. The van der Waals surface area contributed by atoms with Gasteiger partial charge in [0.15, 0.2) is 6.61 Å². The predicted molar refractivity (Wildman–Crippen MR) is 130 cm³/mol. The maximum absolute atomic E-state index is 13.1. The van der Waals surface area contributed by atoms with Gasteiger partial charge in [-0.1, -0.05) is 0 Å². The highest BCUT2D eigenvalue weighted by molar-refractivity contribution is 5.94. The first-order valence-electron chi connectivity index (χ1n) is 11.7. The number of nitrogens with one attached hydrogen (secondary N) is 1. The Morgan fingerprint density at radius 1 is 1.08 bits per heavy atom. The van der Waals surface area contributed by atoms with Crippen molar-refractivity contribution in [2.45, 2.75) is 59.1 Å². The molecule has 1 fully saturated rings. The fourth-order valence-corrected chi connectivity index (χ4v) is 3.79. The summed E-state index contributed by atoms with van der Waals surface area (Å²) in [7, 11) is 0. The van der Waals surface area contributed by atoms with E-state index in [0.29, 0.717) is 48.6 Å². The van der Waals surface area contributed by atoms with Crippen LogP contribution in [0.15, 0.2) is 30.6 Å². The van der Waals surface area contributed by atoms with Gasteiger partial charge in [0.1, 0.15) is 23.4 Å². The molecule has 2 heterocycles. The molecule has 1 N–H and O–H groups in total. The van der Waals surface area contributed by atoms with Crippen molar-refractivity contribution in [3.8, 4) is 0 Å². The first-order chi connectivity index (χ1) is 16.9. The summed E-state index contributed by atoms with van der Waals surface area (Å²) in [4.78, 5) is 53.6. The predicted octanol–water partition coefficient (Wildman–Crippen LogP) is 3.33. The van der Waals surface area contributed by atoms with Gasteiger partial charge in [0.2, 0.25) is 5.91 Å². The number of likely N-dealkylation sites (tertiary alicyclic amines) is 1. The number of carbonyl (C=O) groups is 3. The molecule has 3 rings (SSSR count). The Balaban J connectivity index is 1.56. The Labute approximate surface area is 209 Å². The van der Waals surface area contributed by atoms with Crippen LogP contribution in [0, 0.1) is 19.7 Å². The summed E-state index contributed by atoms with van der Waals surface area (Å²) < 4.78 is 18.6. The Morgan fingerprint density at radius 3 is 2.22 bits per heavy atom. The van der Waals surface area contributed by atoms with E-state index in [2.05, 4.69) is 15.3 Å². The molecule has 1 aromatic heterocycles. The molecule has 2 aromatic rings. The zero-order chi connectivity index (χ0) is 26.5. The lowest BCUT2D eigenvalue weighted by Gasteiger charge is -2.32. The number of hydrogen-bond acceptors (Lipinski definition) is 7. The Hall–Kier alpha value is -3.60. The van der Waals surface area contributed by atoms with E-state index in [1.165, 1.54) is 30.6 Å². The number of aryl methyl sites for hydroxylation is 2. The molecule has 3 amide bonds. The summed E-state index contributed by atoms with van der Waals surface area (Å²) >= 11 is 0. The van der Waals surface area contributed by atoms with Crippen LogP contribution in [-0.2, 0) is 14.4 Å². The van der Waals surface area contributed by atoms with Crippen LogP contribution in [-0.4, -0.2) is 64.1 Å². The summed E-state index contributed by atoms with van der Waals surface area (Å²) in [5.74, 6) is -0.989. The monoisotopic (exact) mass is 501 g/mol. The van der Waals surface area contributed by atoms with Gasteiger partial charge in [0.05, 0.1) is 11.4 Å². The van der Waals surface area contributed by atoms with Gasteiger partial charge in [-0.3, -0.25) is 14.4 Å². The molecule has 0 spiro atoms. The average Bonchev–Trinajstić information content (AvgIpc) is 2.80. The minimum atomic E-state index is -0.788. The molecular formula is C25H32FN5O5. The molecule has 0 radical (unpaired) electrons. The summed E-state index contributed by atoms with van der Waals surface area (Å²) in [5, 5.41) is 3.80. The van der Waals surface area contributed by atoms with Crippen LogP contribution in [0.4, 0.5) is 14.9 Å². The van der Waals surface area contributed by atoms with Crippen molar-refractivity contribution in [1.82, 2.24) is 20.2 Å². The topological polar surface area (TPSA) is 114 Å². The van der Waals surface area contributed by atoms with Crippen molar-refractivity contribution in [3.05, 3.63) is 53.4 Å². The van der Waals surface area contributed by atoms with E-state index in [4.69, 9.17) is 9.57 Å². The van der Waals surface area contributed by atoms with E-state index < -0.39 is 30.0 Å². The Kier molecular flexibility index (Phi) is 8.57. The van der Waals surface area contributed by atoms with Gasteiger partial charge in [-0.15, -0.1) is 5.06 Å². The largest absolute Gasteiger partial charge is 0.442 e. The van der Waals surface area contributed by atoms with Gasteiger partial charge in [-0.05, 0) is 71.7 Å². The van der Waals surface area contributed by atoms with Crippen molar-refractivity contribution in [2.75, 3.05) is 24.8 Å². The van der Waals surface area contributed by atoms with E-state index in [-0.39, 0.29) is 11.9 Å². The van der Waals surface area contributed by atoms with Crippen LogP contribution >= 0.6 is 0 Å². The summed E-state index contributed by atoms with van der Waals surface area (Å²) in [6.07, 6.45) is 1.70. The second-order valence-electron chi connectivity index (χ2n) is 9.58. The summed E-state index contributed by atoms with van der Waals surface area (Å²) in [6, 6.07) is 5.27. The van der Waals surface area contributed by atoms with Gasteiger partial charge in [-0.25, -0.2) is 19.2 Å². The van der Waals surface area contributed by atoms with E-state index in [1.807, 2.05) is 0 Å². The van der Waals surface area contributed by atoms with Crippen LogP contribution < -0.4 is 10.4 Å². The van der Waals surface area contributed by atoms with Gasteiger partial charge in [0.25, 0.3) is 5.91 Å². The maximum atomic E-state index is 13.1. The molecule has 0 aliphatic carbocycles. The van der Waals surface area contributed by atoms with Crippen molar-refractivity contribution >= 4 is 23.6 Å². The highest BCUT2D eigenvalue weighted by Gasteiger charge is 2.29. The molecule has 1 saturated heterocycles. The maximum Gasteiger partial charge on any atom is 0.439 e.